The van der Waals surface area contributed by atoms with Gasteiger partial charge in [0.25, 0.3) is 0 Å². The van der Waals surface area contributed by atoms with Crippen LogP contribution in [0.1, 0.15) is 17.3 Å². The van der Waals surface area contributed by atoms with Crippen molar-refractivity contribution in [3.05, 3.63) is 27.7 Å². The number of rotatable bonds is 2. The van der Waals surface area contributed by atoms with E-state index in [1.165, 1.54) is 6.07 Å². The van der Waals surface area contributed by atoms with Crippen molar-refractivity contribution in [2.24, 2.45) is 0 Å². The fourth-order valence-electron chi connectivity index (χ4n) is 0.932. The van der Waals surface area contributed by atoms with Gasteiger partial charge in [0.15, 0.2) is 0 Å². The number of thiol groups is 1. The van der Waals surface area contributed by atoms with E-state index in [-0.39, 0.29) is 10.6 Å². The van der Waals surface area contributed by atoms with Gasteiger partial charge in [0, 0.05) is 9.92 Å². The summed E-state index contributed by atoms with van der Waals surface area (Å²) < 4.78 is 4.80. The molecule has 0 fully saturated rings. The molecule has 0 aliphatic heterocycles. The molecule has 0 aliphatic carbocycles. The van der Waals surface area contributed by atoms with Gasteiger partial charge in [-0.15, -0.1) is 12.6 Å². The lowest BCUT2D eigenvalue weighted by Gasteiger charge is -2.06. The van der Waals surface area contributed by atoms with Gasteiger partial charge in [0.05, 0.1) is 17.2 Å². The Morgan fingerprint density at radius 3 is 2.71 bits per heavy atom. The summed E-state index contributed by atoms with van der Waals surface area (Å²) in [7, 11) is 0. The summed E-state index contributed by atoms with van der Waals surface area (Å²) in [5.41, 5.74) is 0.242. The Morgan fingerprint density at radius 2 is 2.14 bits per heavy atom. The third-order valence-corrected chi connectivity index (χ3v) is 2.62. The van der Waals surface area contributed by atoms with Gasteiger partial charge in [-0.25, -0.2) is 4.79 Å². The molecule has 0 amide bonds. The van der Waals surface area contributed by atoms with Crippen LogP contribution in [0.25, 0.3) is 0 Å². The van der Waals surface area contributed by atoms with Crippen molar-refractivity contribution >= 4 is 41.8 Å². The van der Waals surface area contributed by atoms with Crippen LogP contribution in [-0.2, 0) is 4.74 Å². The van der Waals surface area contributed by atoms with Crippen molar-refractivity contribution in [2.45, 2.75) is 11.8 Å². The summed E-state index contributed by atoms with van der Waals surface area (Å²) in [6, 6.07) is 3.03. The van der Waals surface area contributed by atoms with Gasteiger partial charge in [0.2, 0.25) is 0 Å². The highest BCUT2D eigenvalue weighted by molar-refractivity contribution is 7.80. The van der Waals surface area contributed by atoms with Crippen LogP contribution in [0.4, 0.5) is 0 Å². The molecule has 0 aromatic heterocycles. The predicted octanol–water partition coefficient (Wildman–Crippen LogP) is 3.46. The Balaban J connectivity index is 3.13. The Bertz CT molecular complexity index is 366. The second kappa shape index (κ2) is 4.91. The molecule has 0 atom stereocenters. The smallest absolute Gasteiger partial charge is 0.339 e. The molecule has 0 bridgehead atoms. The Kier molecular flexibility index (Phi) is 4.11. The van der Waals surface area contributed by atoms with Crippen LogP contribution in [0.2, 0.25) is 10.0 Å². The zero-order valence-electron chi connectivity index (χ0n) is 7.38. The first-order chi connectivity index (χ1) is 6.56. The number of hydrogen-bond acceptors (Lipinski definition) is 3. The number of hydrogen-bond donors (Lipinski definition) is 1. The minimum absolute atomic E-state index is 0.242. The van der Waals surface area contributed by atoms with E-state index >= 15 is 0 Å². The van der Waals surface area contributed by atoms with Gasteiger partial charge < -0.3 is 4.74 Å². The van der Waals surface area contributed by atoms with Crippen molar-refractivity contribution in [3.8, 4) is 0 Å². The number of halogens is 2. The van der Waals surface area contributed by atoms with Crippen molar-refractivity contribution in [1.29, 1.82) is 0 Å². The van der Waals surface area contributed by atoms with Crippen molar-refractivity contribution < 1.29 is 9.53 Å². The van der Waals surface area contributed by atoms with E-state index in [9.17, 15) is 4.79 Å². The minimum Gasteiger partial charge on any atom is -0.462 e. The summed E-state index contributed by atoms with van der Waals surface area (Å²) in [6.45, 7) is 2.02. The van der Waals surface area contributed by atoms with Crippen LogP contribution in [-0.4, -0.2) is 12.6 Å². The third-order valence-electron chi connectivity index (χ3n) is 1.51. The van der Waals surface area contributed by atoms with E-state index in [1.807, 2.05) is 0 Å². The molecule has 14 heavy (non-hydrogen) atoms. The van der Waals surface area contributed by atoms with Gasteiger partial charge in [-0.1, -0.05) is 23.2 Å². The zero-order valence-corrected chi connectivity index (χ0v) is 9.79. The van der Waals surface area contributed by atoms with Crippen LogP contribution in [0.5, 0.6) is 0 Å². The fourth-order valence-corrected chi connectivity index (χ4v) is 1.67. The lowest BCUT2D eigenvalue weighted by Crippen LogP contribution is -2.05. The quantitative estimate of drug-likeness (QED) is 0.643. The monoisotopic (exact) mass is 250 g/mol. The fraction of sp³-hybridized carbons (Fsp3) is 0.222. The Labute approximate surface area is 97.6 Å². The second-order valence-electron chi connectivity index (χ2n) is 2.51. The maximum atomic E-state index is 11.4. The lowest BCUT2D eigenvalue weighted by atomic mass is 10.2. The Hall–Kier alpha value is -0.380. The SMILES string of the molecule is CCOC(=O)c1cc(Cl)cc(S)c1Cl. The maximum Gasteiger partial charge on any atom is 0.339 e. The predicted molar refractivity (Wildman–Crippen MR) is 59.7 cm³/mol. The van der Waals surface area contributed by atoms with Crippen LogP contribution >= 0.6 is 35.8 Å². The molecule has 2 nitrogen and oxygen atoms in total. The summed E-state index contributed by atoms with van der Waals surface area (Å²) >= 11 is 15.7. The number of ether oxygens (including phenoxy) is 1. The van der Waals surface area contributed by atoms with Gasteiger partial charge in [-0.2, -0.15) is 0 Å². The number of esters is 1. The average molecular weight is 251 g/mol. The minimum atomic E-state index is -0.490. The first kappa shape index (κ1) is 11.7. The average Bonchev–Trinajstić information content (AvgIpc) is 2.11. The summed E-state index contributed by atoms with van der Waals surface area (Å²) in [5, 5.41) is 0.665. The Morgan fingerprint density at radius 1 is 1.50 bits per heavy atom. The highest BCUT2D eigenvalue weighted by atomic mass is 35.5. The van der Waals surface area contributed by atoms with E-state index < -0.39 is 5.97 Å². The van der Waals surface area contributed by atoms with E-state index in [1.54, 1.807) is 13.0 Å². The molecular weight excluding hydrogens is 243 g/mol. The first-order valence-electron chi connectivity index (χ1n) is 3.91. The number of carbonyl (C=O) groups is 1. The van der Waals surface area contributed by atoms with Crippen LogP contribution in [0, 0.1) is 0 Å². The molecule has 0 N–H and O–H groups in total. The highest BCUT2D eigenvalue weighted by Crippen LogP contribution is 2.28. The topological polar surface area (TPSA) is 26.3 Å². The van der Waals surface area contributed by atoms with Crippen LogP contribution < -0.4 is 0 Å². The van der Waals surface area contributed by atoms with Crippen LogP contribution in [0.15, 0.2) is 17.0 Å². The lowest BCUT2D eigenvalue weighted by molar-refractivity contribution is 0.0526. The van der Waals surface area contributed by atoms with E-state index in [2.05, 4.69) is 12.6 Å². The van der Waals surface area contributed by atoms with Crippen molar-refractivity contribution in [1.82, 2.24) is 0 Å². The van der Waals surface area contributed by atoms with Gasteiger partial charge >= 0.3 is 5.97 Å². The number of carbonyl (C=O) groups excluding carboxylic acids is 1. The van der Waals surface area contributed by atoms with E-state index in [0.717, 1.165) is 0 Å². The standard InChI is InChI=1S/C9H8Cl2O2S/c1-2-13-9(12)6-3-5(10)4-7(14)8(6)11/h3-4,14H,2H2,1H3. The normalized spacial score (nSPS) is 10.0. The summed E-state index contributed by atoms with van der Waals surface area (Å²) in [6.07, 6.45) is 0. The van der Waals surface area contributed by atoms with Gasteiger partial charge in [-0.3, -0.25) is 0 Å². The zero-order chi connectivity index (χ0) is 10.7. The van der Waals surface area contributed by atoms with Crippen LogP contribution in [0.3, 0.4) is 0 Å². The molecule has 0 spiro atoms. The molecule has 1 rings (SSSR count). The molecular formula is C9H8Cl2O2S. The third kappa shape index (κ3) is 2.56. The van der Waals surface area contributed by atoms with Crippen molar-refractivity contribution in [3.63, 3.8) is 0 Å². The summed E-state index contributed by atoms with van der Waals surface area (Å²) in [5.74, 6) is -0.490. The largest absolute Gasteiger partial charge is 0.462 e. The first-order valence-corrected chi connectivity index (χ1v) is 5.11. The molecule has 76 valence electrons. The number of benzene rings is 1. The molecule has 1 aromatic rings. The van der Waals surface area contributed by atoms with Gasteiger partial charge in [-0.05, 0) is 19.1 Å². The second-order valence-corrected chi connectivity index (χ2v) is 3.80. The van der Waals surface area contributed by atoms with E-state index in [0.29, 0.717) is 16.5 Å². The molecule has 0 unspecified atom stereocenters. The van der Waals surface area contributed by atoms with Gasteiger partial charge in [0.1, 0.15) is 0 Å². The summed E-state index contributed by atoms with van der Waals surface area (Å²) in [4.78, 5) is 11.8. The highest BCUT2D eigenvalue weighted by Gasteiger charge is 2.14. The molecule has 1 aromatic carbocycles. The maximum absolute atomic E-state index is 11.4. The molecule has 5 heteroatoms. The van der Waals surface area contributed by atoms with E-state index in [4.69, 9.17) is 27.9 Å². The molecule has 0 saturated heterocycles. The molecule has 0 saturated carbocycles. The molecule has 0 radical (unpaired) electrons. The molecule has 0 aliphatic rings. The molecule has 0 heterocycles. The van der Waals surface area contributed by atoms with Crippen molar-refractivity contribution in [2.75, 3.05) is 6.61 Å².